The predicted octanol–water partition coefficient (Wildman–Crippen LogP) is 11.6. The minimum atomic E-state index is -0.793. The average molecular weight is 659 g/mol. The van der Waals surface area contributed by atoms with Crippen molar-refractivity contribution in [3.63, 3.8) is 0 Å². The molecule has 0 saturated heterocycles. The Bertz CT molecular complexity index is 856. The molecule has 270 valence electrons. The molecule has 0 radical (unpaired) electrons. The first-order chi connectivity index (χ1) is 23.0. The van der Waals surface area contributed by atoms with Crippen molar-refractivity contribution >= 4 is 17.9 Å². The van der Waals surface area contributed by atoms with Gasteiger partial charge in [-0.05, 0) is 51.4 Å². The lowest BCUT2D eigenvalue weighted by atomic mass is 10.0. The molecule has 47 heavy (non-hydrogen) atoms. The maximum atomic E-state index is 12.4. The lowest BCUT2D eigenvalue weighted by Crippen LogP contribution is -2.30. The van der Waals surface area contributed by atoms with Gasteiger partial charge in [-0.1, -0.05) is 152 Å². The molecule has 1 atom stereocenters. The van der Waals surface area contributed by atoms with Crippen molar-refractivity contribution in [2.45, 2.75) is 181 Å². The van der Waals surface area contributed by atoms with Crippen molar-refractivity contribution < 1.29 is 28.6 Å². The molecule has 0 saturated carbocycles. The van der Waals surface area contributed by atoms with E-state index in [1.807, 2.05) is 0 Å². The zero-order chi connectivity index (χ0) is 34.5. The molecule has 0 aliphatic heterocycles. The third-order valence-electron chi connectivity index (χ3n) is 7.89. The number of esters is 3. The van der Waals surface area contributed by atoms with Crippen LogP contribution in [0.25, 0.3) is 0 Å². The van der Waals surface area contributed by atoms with Crippen LogP contribution in [0, 0.1) is 0 Å². The second kappa shape index (κ2) is 36.2. The highest BCUT2D eigenvalue weighted by atomic mass is 16.6. The number of ether oxygens (including phenoxy) is 3. The number of hydrogen-bond donors (Lipinski definition) is 0. The van der Waals surface area contributed by atoms with Crippen molar-refractivity contribution in [3.05, 3.63) is 48.6 Å². The predicted molar refractivity (Wildman–Crippen MR) is 196 cm³/mol. The first kappa shape index (κ1) is 44.4. The van der Waals surface area contributed by atoms with Gasteiger partial charge in [-0.15, -0.1) is 0 Å². The fourth-order valence-corrected chi connectivity index (χ4v) is 5.04. The van der Waals surface area contributed by atoms with Crippen LogP contribution in [0.2, 0.25) is 0 Å². The first-order valence-corrected chi connectivity index (χ1v) is 19.1. The van der Waals surface area contributed by atoms with Crippen LogP contribution in [-0.4, -0.2) is 37.2 Å². The van der Waals surface area contributed by atoms with Gasteiger partial charge in [-0.25, -0.2) is 0 Å². The van der Waals surface area contributed by atoms with Gasteiger partial charge < -0.3 is 14.2 Å². The SMILES string of the molecule is CCCCC/C=C\C/C=C\C/C=C\C/C=C\CCCC(=O)O[C@@H](COC(C)=O)COC(=O)CCCCCCCCCCCCCCC. The number of carbonyl (C=O) groups is 3. The van der Waals surface area contributed by atoms with Gasteiger partial charge >= 0.3 is 17.9 Å². The Morgan fingerprint density at radius 3 is 1.38 bits per heavy atom. The van der Waals surface area contributed by atoms with Crippen LogP contribution < -0.4 is 0 Å². The Morgan fingerprint density at radius 1 is 0.468 bits per heavy atom. The average Bonchev–Trinajstić information content (AvgIpc) is 3.05. The Morgan fingerprint density at radius 2 is 0.872 bits per heavy atom. The zero-order valence-electron chi connectivity index (χ0n) is 30.5. The van der Waals surface area contributed by atoms with E-state index in [-0.39, 0.29) is 31.6 Å². The fraction of sp³-hybridized carbons (Fsp3) is 0.732. The summed E-state index contributed by atoms with van der Waals surface area (Å²) in [5.41, 5.74) is 0. The van der Waals surface area contributed by atoms with Crippen LogP contribution in [-0.2, 0) is 28.6 Å². The monoisotopic (exact) mass is 659 g/mol. The Hall–Kier alpha value is -2.63. The summed E-state index contributed by atoms with van der Waals surface area (Å²) in [5.74, 6) is -1.16. The third kappa shape index (κ3) is 36.1. The lowest BCUT2D eigenvalue weighted by Gasteiger charge is -2.17. The minimum absolute atomic E-state index is 0.104. The minimum Gasteiger partial charge on any atom is -0.462 e. The highest BCUT2D eigenvalue weighted by Gasteiger charge is 2.18. The molecule has 0 heterocycles. The van der Waals surface area contributed by atoms with E-state index < -0.39 is 12.1 Å². The van der Waals surface area contributed by atoms with Crippen LogP contribution in [0.1, 0.15) is 175 Å². The van der Waals surface area contributed by atoms with Gasteiger partial charge in [0.15, 0.2) is 6.10 Å². The molecule has 0 N–H and O–H groups in total. The van der Waals surface area contributed by atoms with Crippen LogP contribution >= 0.6 is 0 Å². The summed E-state index contributed by atoms with van der Waals surface area (Å²) in [5, 5.41) is 0. The Balaban J connectivity index is 3.98. The zero-order valence-corrected chi connectivity index (χ0v) is 30.5. The highest BCUT2D eigenvalue weighted by molar-refractivity contribution is 5.70. The summed E-state index contributed by atoms with van der Waals surface area (Å²) in [6.45, 7) is 5.56. The molecule has 6 heteroatoms. The maximum absolute atomic E-state index is 12.4. The van der Waals surface area contributed by atoms with Gasteiger partial charge in [-0.2, -0.15) is 0 Å². The highest BCUT2D eigenvalue weighted by Crippen LogP contribution is 2.13. The van der Waals surface area contributed by atoms with E-state index in [1.54, 1.807) is 0 Å². The normalized spacial score (nSPS) is 12.5. The maximum Gasteiger partial charge on any atom is 0.306 e. The second-order valence-corrected chi connectivity index (χ2v) is 12.6. The summed E-state index contributed by atoms with van der Waals surface area (Å²) in [7, 11) is 0. The van der Waals surface area contributed by atoms with Gasteiger partial charge in [0, 0.05) is 19.8 Å². The molecule has 0 amide bonds. The molecule has 0 aromatic carbocycles. The van der Waals surface area contributed by atoms with Crippen LogP contribution in [0.5, 0.6) is 0 Å². The summed E-state index contributed by atoms with van der Waals surface area (Å²) in [4.78, 5) is 35.9. The van der Waals surface area contributed by atoms with E-state index >= 15 is 0 Å². The lowest BCUT2D eigenvalue weighted by molar-refractivity contribution is -0.166. The molecule has 0 unspecified atom stereocenters. The molecular formula is C41H70O6. The topological polar surface area (TPSA) is 78.9 Å². The van der Waals surface area contributed by atoms with Crippen LogP contribution in [0.4, 0.5) is 0 Å². The standard InChI is InChI=1S/C41H70O6/c1-4-6-8-10-12-14-16-18-19-20-21-23-25-27-29-31-33-35-41(44)47-39(36-45-38(3)42)37-46-40(43)34-32-30-28-26-24-22-17-15-13-11-9-7-5-2/h12,14,18-19,21,23,27,29,39H,4-11,13,15-17,20,22,24-26,28,30-37H2,1-3H3/b14-12-,19-18-,23-21-,29-27-/t39-/m0/s1. The number of allylic oxidation sites excluding steroid dienone is 8. The molecule has 0 aliphatic carbocycles. The van der Waals surface area contributed by atoms with E-state index in [4.69, 9.17) is 14.2 Å². The van der Waals surface area contributed by atoms with E-state index in [2.05, 4.69) is 62.5 Å². The molecule has 0 spiro atoms. The molecular weight excluding hydrogens is 588 g/mol. The molecule has 0 bridgehead atoms. The first-order valence-electron chi connectivity index (χ1n) is 19.1. The molecule has 0 aromatic heterocycles. The van der Waals surface area contributed by atoms with Gasteiger partial charge in [0.2, 0.25) is 0 Å². The van der Waals surface area contributed by atoms with Gasteiger partial charge in [0.1, 0.15) is 13.2 Å². The molecule has 0 aliphatic rings. The summed E-state index contributed by atoms with van der Waals surface area (Å²) < 4.78 is 15.8. The quantitative estimate of drug-likeness (QED) is 0.0302. The van der Waals surface area contributed by atoms with Crippen LogP contribution in [0.3, 0.4) is 0 Å². The van der Waals surface area contributed by atoms with Crippen molar-refractivity contribution in [2.24, 2.45) is 0 Å². The van der Waals surface area contributed by atoms with Crippen LogP contribution in [0.15, 0.2) is 48.6 Å². The smallest absolute Gasteiger partial charge is 0.306 e. The number of carbonyl (C=O) groups excluding carboxylic acids is 3. The van der Waals surface area contributed by atoms with Crippen molar-refractivity contribution in [2.75, 3.05) is 13.2 Å². The van der Waals surface area contributed by atoms with E-state index in [0.29, 0.717) is 12.8 Å². The van der Waals surface area contributed by atoms with Gasteiger partial charge in [0.25, 0.3) is 0 Å². The Kier molecular flexibility index (Phi) is 34.2. The van der Waals surface area contributed by atoms with Crippen molar-refractivity contribution in [3.8, 4) is 0 Å². The number of unbranched alkanes of at least 4 members (excludes halogenated alkanes) is 16. The number of rotatable bonds is 33. The summed E-state index contributed by atoms with van der Waals surface area (Å²) >= 11 is 0. The third-order valence-corrected chi connectivity index (χ3v) is 7.89. The fourth-order valence-electron chi connectivity index (χ4n) is 5.04. The van der Waals surface area contributed by atoms with Gasteiger partial charge in [0.05, 0.1) is 0 Å². The summed E-state index contributed by atoms with van der Waals surface area (Å²) in [6.07, 6.45) is 42.7. The van der Waals surface area contributed by atoms with E-state index in [1.165, 1.54) is 96.8 Å². The Labute approximate surface area is 288 Å². The van der Waals surface area contributed by atoms with Gasteiger partial charge in [-0.3, -0.25) is 14.4 Å². The van der Waals surface area contributed by atoms with Crippen molar-refractivity contribution in [1.29, 1.82) is 0 Å². The largest absolute Gasteiger partial charge is 0.462 e. The second-order valence-electron chi connectivity index (χ2n) is 12.6. The molecule has 0 rings (SSSR count). The molecule has 0 aromatic rings. The van der Waals surface area contributed by atoms with Crippen molar-refractivity contribution in [1.82, 2.24) is 0 Å². The van der Waals surface area contributed by atoms with E-state index in [0.717, 1.165) is 44.9 Å². The molecule has 0 fully saturated rings. The summed E-state index contributed by atoms with van der Waals surface area (Å²) in [6, 6.07) is 0. The molecule has 6 nitrogen and oxygen atoms in total. The van der Waals surface area contributed by atoms with E-state index in [9.17, 15) is 14.4 Å². The number of hydrogen-bond acceptors (Lipinski definition) is 6.